The van der Waals surface area contributed by atoms with Gasteiger partial charge in [-0.05, 0) is 18.6 Å². The van der Waals surface area contributed by atoms with Crippen LogP contribution in [0.2, 0.25) is 0 Å². The zero-order chi connectivity index (χ0) is 16.3. The summed E-state index contributed by atoms with van der Waals surface area (Å²) in [6.07, 6.45) is 2.41. The van der Waals surface area contributed by atoms with Gasteiger partial charge in [-0.2, -0.15) is 4.98 Å². The van der Waals surface area contributed by atoms with Crippen LogP contribution in [0.3, 0.4) is 0 Å². The smallest absolute Gasteiger partial charge is 0.257 e. The van der Waals surface area contributed by atoms with Crippen LogP contribution in [-0.4, -0.2) is 47.6 Å². The fraction of sp³-hybridized carbons (Fsp3) is 0.375. The molecule has 1 fully saturated rings. The number of hydrogen-bond donors (Lipinski definition) is 0. The van der Waals surface area contributed by atoms with Gasteiger partial charge in [-0.1, -0.05) is 29.4 Å². The standard InChI is InChI=1S/C16H19N3O3S/c1-2-9-19(14-8-10-23(20,21)12-14)11-15-17-16(22-18-15)13-6-4-3-5-7-13/h2-7,14H,1,8-12H2/t14-/m1/s1. The molecule has 122 valence electrons. The summed E-state index contributed by atoms with van der Waals surface area (Å²) < 4.78 is 28.7. The second-order valence-corrected chi connectivity index (χ2v) is 7.89. The van der Waals surface area contributed by atoms with Gasteiger partial charge in [0.25, 0.3) is 5.89 Å². The average Bonchev–Trinajstić information content (AvgIpc) is 3.14. The molecule has 0 radical (unpaired) electrons. The van der Waals surface area contributed by atoms with E-state index in [-0.39, 0.29) is 17.5 Å². The van der Waals surface area contributed by atoms with Crippen LogP contribution in [0.25, 0.3) is 11.5 Å². The van der Waals surface area contributed by atoms with Crippen LogP contribution < -0.4 is 0 Å². The lowest BCUT2D eigenvalue weighted by atomic mass is 10.2. The molecule has 2 heterocycles. The van der Waals surface area contributed by atoms with Gasteiger partial charge in [0, 0.05) is 18.2 Å². The molecule has 0 unspecified atom stereocenters. The molecule has 2 aromatic rings. The van der Waals surface area contributed by atoms with E-state index in [9.17, 15) is 8.42 Å². The van der Waals surface area contributed by atoms with E-state index in [0.29, 0.717) is 31.2 Å². The molecule has 1 aliphatic heterocycles. The minimum Gasteiger partial charge on any atom is -0.334 e. The van der Waals surface area contributed by atoms with Crippen LogP contribution in [0.4, 0.5) is 0 Å². The number of rotatable bonds is 6. The summed E-state index contributed by atoms with van der Waals surface area (Å²) in [5.74, 6) is 1.45. The van der Waals surface area contributed by atoms with Crippen LogP contribution in [0.1, 0.15) is 12.2 Å². The lowest BCUT2D eigenvalue weighted by molar-refractivity contribution is 0.218. The molecule has 0 saturated carbocycles. The van der Waals surface area contributed by atoms with Crippen molar-refractivity contribution in [2.45, 2.75) is 19.0 Å². The maximum absolute atomic E-state index is 11.7. The molecule has 23 heavy (non-hydrogen) atoms. The first-order chi connectivity index (χ1) is 11.1. The predicted octanol–water partition coefficient (Wildman–Crippen LogP) is 1.91. The molecule has 3 rings (SSSR count). The summed E-state index contributed by atoms with van der Waals surface area (Å²) in [5, 5.41) is 4.01. The molecule has 0 N–H and O–H groups in total. The van der Waals surface area contributed by atoms with E-state index in [4.69, 9.17) is 4.52 Å². The molecule has 0 bridgehead atoms. The Morgan fingerprint density at radius 1 is 1.35 bits per heavy atom. The molecule has 1 aromatic carbocycles. The Balaban J connectivity index is 1.74. The minimum absolute atomic E-state index is 0.0170. The highest BCUT2D eigenvalue weighted by Crippen LogP contribution is 2.21. The Kier molecular flexibility index (Phi) is 4.58. The second kappa shape index (κ2) is 6.64. The molecule has 6 nitrogen and oxygen atoms in total. The summed E-state index contributed by atoms with van der Waals surface area (Å²) in [5.41, 5.74) is 0.866. The molecule has 0 aliphatic carbocycles. The first kappa shape index (κ1) is 15.9. The van der Waals surface area contributed by atoms with Crippen molar-refractivity contribution in [3.8, 4) is 11.5 Å². The van der Waals surface area contributed by atoms with E-state index in [1.165, 1.54) is 0 Å². The van der Waals surface area contributed by atoms with Gasteiger partial charge in [-0.25, -0.2) is 8.42 Å². The predicted molar refractivity (Wildman–Crippen MR) is 87.4 cm³/mol. The van der Waals surface area contributed by atoms with Crippen LogP contribution in [-0.2, 0) is 16.4 Å². The van der Waals surface area contributed by atoms with Gasteiger partial charge in [0.05, 0.1) is 18.1 Å². The average molecular weight is 333 g/mol. The van der Waals surface area contributed by atoms with Crippen molar-refractivity contribution in [3.05, 3.63) is 48.8 Å². The van der Waals surface area contributed by atoms with E-state index in [2.05, 4.69) is 16.7 Å². The molecule has 1 saturated heterocycles. The van der Waals surface area contributed by atoms with E-state index in [1.807, 2.05) is 35.2 Å². The van der Waals surface area contributed by atoms with E-state index in [0.717, 1.165) is 5.56 Å². The van der Waals surface area contributed by atoms with Gasteiger partial charge in [0.1, 0.15) is 0 Å². The van der Waals surface area contributed by atoms with Crippen molar-refractivity contribution in [1.29, 1.82) is 0 Å². The Morgan fingerprint density at radius 3 is 2.78 bits per heavy atom. The third-order valence-corrected chi connectivity index (χ3v) is 5.67. The van der Waals surface area contributed by atoms with Crippen molar-refractivity contribution in [1.82, 2.24) is 15.0 Å². The lowest BCUT2D eigenvalue weighted by Gasteiger charge is -2.24. The second-order valence-electron chi connectivity index (χ2n) is 5.66. The minimum atomic E-state index is -2.93. The third kappa shape index (κ3) is 3.86. The Morgan fingerprint density at radius 2 is 2.13 bits per heavy atom. The highest BCUT2D eigenvalue weighted by molar-refractivity contribution is 7.91. The largest absolute Gasteiger partial charge is 0.334 e. The normalized spacial score (nSPS) is 20.0. The Bertz CT molecular complexity index is 771. The molecule has 0 amide bonds. The van der Waals surface area contributed by atoms with Gasteiger partial charge in [-0.15, -0.1) is 6.58 Å². The third-order valence-electron chi connectivity index (χ3n) is 3.92. The van der Waals surface area contributed by atoms with Crippen molar-refractivity contribution in [2.24, 2.45) is 0 Å². The molecular weight excluding hydrogens is 314 g/mol. The van der Waals surface area contributed by atoms with Gasteiger partial charge in [-0.3, -0.25) is 4.90 Å². The molecule has 1 aromatic heterocycles. The van der Waals surface area contributed by atoms with Crippen molar-refractivity contribution >= 4 is 9.84 Å². The highest BCUT2D eigenvalue weighted by atomic mass is 32.2. The van der Waals surface area contributed by atoms with Gasteiger partial charge in [0.15, 0.2) is 15.7 Å². The van der Waals surface area contributed by atoms with Crippen LogP contribution in [0.15, 0.2) is 47.5 Å². The van der Waals surface area contributed by atoms with Gasteiger partial charge in [0.2, 0.25) is 0 Å². The number of sulfone groups is 1. The Hall–Kier alpha value is -1.99. The number of nitrogens with zero attached hydrogens (tertiary/aromatic N) is 3. The summed E-state index contributed by atoms with van der Waals surface area (Å²) >= 11 is 0. The van der Waals surface area contributed by atoms with E-state index in [1.54, 1.807) is 6.08 Å². The van der Waals surface area contributed by atoms with E-state index < -0.39 is 9.84 Å². The van der Waals surface area contributed by atoms with Crippen LogP contribution in [0, 0.1) is 0 Å². The van der Waals surface area contributed by atoms with Gasteiger partial charge < -0.3 is 4.52 Å². The summed E-state index contributed by atoms with van der Waals surface area (Å²) in [4.78, 5) is 6.45. The first-order valence-corrected chi connectivity index (χ1v) is 9.33. The number of benzene rings is 1. The molecule has 7 heteroatoms. The quantitative estimate of drug-likeness (QED) is 0.752. The van der Waals surface area contributed by atoms with Crippen molar-refractivity contribution in [2.75, 3.05) is 18.1 Å². The fourth-order valence-electron chi connectivity index (χ4n) is 2.77. The van der Waals surface area contributed by atoms with Gasteiger partial charge >= 0.3 is 0 Å². The summed E-state index contributed by atoms with van der Waals surface area (Å²) in [6, 6.07) is 9.54. The fourth-order valence-corrected chi connectivity index (χ4v) is 4.53. The number of aromatic nitrogens is 2. The Labute approximate surface area is 135 Å². The van der Waals surface area contributed by atoms with Crippen LogP contribution in [0.5, 0.6) is 0 Å². The maximum atomic E-state index is 11.7. The topological polar surface area (TPSA) is 76.3 Å². The molecule has 1 atom stereocenters. The molecule has 0 spiro atoms. The highest BCUT2D eigenvalue weighted by Gasteiger charge is 2.32. The first-order valence-electron chi connectivity index (χ1n) is 7.51. The van der Waals surface area contributed by atoms with Crippen molar-refractivity contribution < 1.29 is 12.9 Å². The molecule has 1 aliphatic rings. The van der Waals surface area contributed by atoms with Crippen LogP contribution >= 0.6 is 0 Å². The summed E-state index contributed by atoms with van der Waals surface area (Å²) in [7, 11) is -2.93. The molecular formula is C16H19N3O3S. The summed E-state index contributed by atoms with van der Waals surface area (Å²) in [6.45, 7) is 4.79. The van der Waals surface area contributed by atoms with Crippen molar-refractivity contribution in [3.63, 3.8) is 0 Å². The van der Waals surface area contributed by atoms with E-state index >= 15 is 0 Å². The number of hydrogen-bond acceptors (Lipinski definition) is 6. The zero-order valence-corrected chi connectivity index (χ0v) is 13.6. The maximum Gasteiger partial charge on any atom is 0.257 e. The lowest BCUT2D eigenvalue weighted by Crippen LogP contribution is -2.36. The zero-order valence-electron chi connectivity index (χ0n) is 12.8. The monoisotopic (exact) mass is 333 g/mol. The SMILES string of the molecule is C=CCN(Cc1noc(-c2ccccc2)n1)[C@@H]1CCS(=O)(=O)C1.